The lowest BCUT2D eigenvalue weighted by Gasteiger charge is -2.08. The molecule has 3 rings (SSSR count). The van der Waals surface area contributed by atoms with Crippen molar-refractivity contribution in [2.75, 3.05) is 0 Å². The third-order valence-electron chi connectivity index (χ3n) is 3.02. The van der Waals surface area contributed by atoms with Crippen LogP contribution in [0.2, 0.25) is 0 Å². The van der Waals surface area contributed by atoms with Gasteiger partial charge in [0.25, 0.3) is 0 Å². The molecule has 2 aromatic carbocycles. The van der Waals surface area contributed by atoms with Crippen LogP contribution in [0.4, 0.5) is 5.82 Å². The molecule has 0 unspecified atom stereocenters. The Hall–Kier alpha value is -1.93. The summed E-state index contributed by atoms with van der Waals surface area (Å²) in [4.78, 5) is 4.08. The van der Waals surface area contributed by atoms with Crippen LogP contribution in [0, 0.1) is 3.57 Å². The van der Waals surface area contributed by atoms with Gasteiger partial charge in [-0.25, -0.2) is 0 Å². The van der Waals surface area contributed by atoms with E-state index in [9.17, 15) is 0 Å². The van der Waals surface area contributed by atoms with Crippen molar-refractivity contribution in [2.45, 2.75) is 0 Å². The third kappa shape index (κ3) is 3.12. The van der Waals surface area contributed by atoms with Crippen molar-refractivity contribution >= 4 is 57.5 Å². The summed E-state index contributed by atoms with van der Waals surface area (Å²) in [5.41, 5.74) is 12.8. The van der Waals surface area contributed by atoms with Crippen molar-refractivity contribution in [3.8, 4) is 11.3 Å². The highest BCUT2D eigenvalue weighted by Gasteiger charge is 2.13. The van der Waals surface area contributed by atoms with Crippen LogP contribution in [-0.4, -0.2) is 16.2 Å². The predicted molar refractivity (Wildman–Crippen MR) is 100 cm³/mol. The lowest BCUT2D eigenvalue weighted by Crippen LogP contribution is -2.22. The van der Waals surface area contributed by atoms with Gasteiger partial charge in [-0.3, -0.25) is 0 Å². The van der Waals surface area contributed by atoms with E-state index in [1.54, 1.807) is 0 Å². The van der Waals surface area contributed by atoms with E-state index in [0.717, 1.165) is 25.6 Å². The lowest BCUT2D eigenvalue weighted by molar-refractivity contribution is 1.05. The Morgan fingerprint density at radius 1 is 0.955 bits per heavy atom. The number of aromatic nitrogens is 2. The van der Waals surface area contributed by atoms with Gasteiger partial charge < -0.3 is 11.5 Å². The van der Waals surface area contributed by atoms with Gasteiger partial charge in [0, 0.05) is 19.9 Å². The number of guanidine groups is 1. The summed E-state index contributed by atoms with van der Waals surface area (Å²) >= 11 is 2.25. The molecule has 0 aliphatic carbocycles. The topological polar surface area (TPSA) is 90.2 Å². The standard InChI is InChI=1S/C15H12IN5.ClH/c16-11-8-4-7-10-12(11)14(19-15(17)18)21-20-13(10)9-5-2-1-3-6-9;/h1-8H,(H4,17,18,19,21);1H. The number of nitrogens with zero attached hydrogens (tertiary/aromatic N) is 3. The largest absolute Gasteiger partial charge is 0.370 e. The normalized spacial score (nSPS) is 10.0. The first-order valence-electron chi connectivity index (χ1n) is 6.27. The van der Waals surface area contributed by atoms with Gasteiger partial charge in [0.05, 0.1) is 0 Å². The van der Waals surface area contributed by atoms with Gasteiger partial charge >= 0.3 is 0 Å². The maximum Gasteiger partial charge on any atom is 0.192 e. The smallest absolute Gasteiger partial charge is 0.192 e. The predicted octanol–water partition coefficient (Wildman–Crippen LogP) is 3.23. The second kappa shape index (κ2) is 6.89. The highest BCUT2D eigenvalue weighted by Crippen LogP contribution is 2.33. The molecule has 4 N–H and O–H groups in total. The summed E-state index contributed by atoms with van der Waals surface area (Å²) in [6.45, 7) is 0. The molecule has 0 bridgehead atoms. The molecule has 0 aliphatic rings. The van der Waals surface area contributed by atoms with Gasteiger partial charge in [-0.05, 0) is 28.7 Å². The molecule has 112 valence electrons. The van der Waals surface area contributed by atoms with Crippen molar-refractivity contribution < 1.29 is 0 Å². The van der Waals surface area contributed by atoms with Crippen LogP contribution in [-0.2, 0) is 0 Å². The lowest BCUT2D eigenvalue weighted by atomic mass is 10.0. The van der Waals surface area contributed by atoms with Crippen LogP contribution >= 0.6 is 35.0 Å². The number of aliphatic imine (C=N–C) groups is 1. The summed E-state index contributed by atoms with van der Waals surface area (Å²) in [5.74, 6) is 0.410. The fourth-order valence-electron chi connectivity index (χ4n) is 2.16. The molecule has 5 nitrogen and oxygen atoms in total. The molecule has 0 aliphatic heterocycles. The van der Waals surface area contributed by atoms with E-state index >= 15 is 0 Å². The van der Waals surface area contributed by atoms with Crippen LogP contribution in [0.25, 0.3) is 22.0 Å². The molecule has 1 aromatic heterocycles. The van der Waals surface area contributed by atoms with Crippen LogP contribution in [0.1, 0.15) is 0 Å². The average Bonchev–Trinajstić information content (AvgIpc) is 2.48. The molecule has 0 fully saturated rings. The number of halogens is 2. The minimum absolute atomic E-state index is 0. The van der Waals surface area contributed by atoms with Crippen LogP contribution < -0.4 is 11.5 Å². The minimum Gasteiger partial charge on any atom is -0.370 e. The molecule has 0 saturated carbocycles. The zero-order valence-corrected chi connectivity index (χ0v) is 14.4. The third-order valence-corrected chi connectivity index (χ3v) is 3.92. The number of fused-ring (bicyclic) bond motifs is 1. The number of rotatable bonds is 2. The maximum absolute atomic E-state index is 5.47. The summed E-state index contributed by atoms with van der Waals surface area (Å²) in [7, 11) is 0. The Balaban J connectivity index is 0.00000176. The van der Waals surface area contributed by atoms with E-state index in [-0.39, 0.29) is 18.4 Å². The van der Waals surface area contributed by atoms with Crippen LogP contribution in [0.5, 0.6) is 0 Å². The maximum atomic E-state index is 5.47. The van der Waals surface area contributed by atoms with Crippen LogP contribution in [0.15, 0.2) is 53.5 Å². The summed E-state index contributed by atoms with van der Waals surface area (Å²) < 4.78 is 1.03. The highest BCUT2D eigenvalue weighted by molar-refractivity contribution is 14.1. The van der Waals surface area contributed by atoms with Crippen molar-refractivity contribution in [2.24, 2.45) is 16.5 Å². The second-order valence-corrected chi connectivity index (χ2v) is 5.60. The highest BCUT2D eigenvalue weighted by atomic mass is 127. The molecule has 0 spiro atoms. The van der Waals surface area contributed by atoms with Gasteiger partial charge in [-0.15, -0.1) is 22.6 Å². The molecular weight excluding hydrogens is 413 g/mol. The first kappa shape index (κ1) is 16.4. The summed E-state index contributed by atoms with van der Waals surface area (Å²) in [5, 5.41) is 10.4. The van der Waals surface area contributed by atoms with Gasteiger partial charge in [0.2, 0.25) is 0 Å². The Morgan fingerprint density at radius 3 is 2.36 bits per heavy atom. The number of benzene rings is 2. The van der Waals surface area contributed by atoms with Gasteiger partial charge in [-0.1, -0.05) is 42.5 Å². The molecule has 3 aromatic rings. The molecule has 22 heavy (non-hydrogen) atoms. The molecule has 1 heterocycles. The first-order chi connectivity index (χ1) is 10.2. The van der Waals surface area contributed by atoms with E-state index in [0.29, 0.717) is 5.82 Å². The Morgan fingerprint density at radius 2 is 1.68 bits per heavy atom. The summed E-state index contributed by atoms with van der Waals surface area (Å²) in [6, 6.07) is 15.9. The van der Waals surface area contributed by atoms with E-state index in [1.165, 1.54) is 0 Å². The van der Waals surface area contributed by atoms with Crippen molar-refractivity contribution in [3.63, 3.8) is 0 Å². The zero-order chi connectivity index (χ0) is 14.8. The molecule has 0 atom stereocenters. The molecule has 0 radical (unpaired) electrons. The Kier molecular flexibility index (Phi) is 5.15. The first-order valence-corrected chi connectivity index (χ1v) is 7.34. The Bertz CT molecular complexity index is 832. The van der Waals surface area contributed by atoms with Crippen molar-refractivity contribution in [3.05, 3.63) is 52.1 Å². The number of hydrogen-bond acceptors (Lipinski definition) is 3. The van der Waals surface area contributed by atoms with E-state index < -0.39 is 0 Å². The summed E-state index contributed by atoms with van der Waals surface area (Å²) in [6.07, 6.45) is 0. The van der Waals surface area contributed by atoms with Gasteiger partial charge in [-0.2, -0.15) is 4.99 Å². The molecular formula is C15H13ClIN5. The fourth-order valence-corrected chi connectivity index (χ4v) is 2.90. The average molecular weight is 426 g/mol. The van der Waals surface area contributed by atoms with Crippen molar-refractivity contribution in [1.29, 1.82) is 0 Å². The molecule has 7 heteroatoms. The van der Waals surface area contributed by atoms with E-state index in [2.05, 4.69) is 37.8 Å². The van der Waals surface area contributed by atoms with Crippen LogP contribution in [0.3, 0.4) is 0 Å². The SMILES string of the molecule is Cl.NC(N)=Nc1nnc(-c2ccccc2)c2cccc(I)c12. The number of nitrogens with two attached hydrogens (primary N) is 2. The second-order valence-electron chi connectivity index (χ2n) is 4.44. The van der Waals surface area contributed by atoms with Crippen molar-refractivity contribution in [1.82, 2.24) is 10.2 Å². The van der Waals surface area contributed by atoms with E-state index in [4.69, 9.17) is 11.5 Å². The minimum atomic E-state index is -0.0299. The Labute approximate surface area is 147 Å². The van der Waals surface area contributed by atoms with Gasteiger partial charge in [0.15, 0.2) is 11.8 Å². The molecule has 0 amide bonds. The van der Waals surface area contributed by atoms with Gasteiger partial charge in [0.1, 0.15) is 5.69 Å². The monoisotopic (exact) mass is 425 g/mol. The zero-order valence-electron chi connectivity index (χ0n) is 11.4. The van der Waals surface area contributed by atoms with E-state index in [1.807, 2.05) is 48.5 Å². The molecule has 0 saturated heterocycles. The quantitative estimate of drug-likeness (QED) is 0.375. The fraction of sp³-hybridized carbons (Fsp3) is 0. The number of hydrogen-bond donors (Lipinski definition) is 2.